The van der Waals surface area contributed by atoms with Crippen LogP contribution >= 0.6 is 0 Å². The monoisotopic (exact) mass is 354 g/mol. The lowest BCUT2D eigenvalue weighted by Gasteiger charge is -2.07. The number of rotatable bonds is 4. The molecule has 0 saturated heterocycles. The first-order valence-corrected chi connectivity index (χ1v) is 8.60. The Labute approximate surface area is 157 Å². The van der Waals surface area contributed by atoms with Crippen molar-refractivity contribution >= 4 is 34.0 Å². The van der Waals surface area contributed by atoms with Crippen LogP contribution in [0.5, 0.6) is 11.5 Å². The topological polar surface area (TPSA) is 54.2 Å². The number of fused-ring (bicyclic) bond motifs is 2. The molecule has 4 rings (SSSR count). The molecule has 0 saturated carbocycles. The highest BCUT2D eigenvalue weighted by Gasteiger charge is 2.05. The number of nitrogens with zero attached hydrogens (tertiary/aromatic N) is 2. The predicted octanol–water partition coefficient (Wildman–Crippen LogP) is 5.16. The highest BCUT2D eigenvalue weighted by Crippen LogP contribution is 2.27. The highest BCUT2D eigenvalue weighted by atomic mass is 16.5. The summed E-state index contributed by atoms with van der Waals surface area (Å²) in [5, 5.41) is 22.7. The van der Waals surface area contributed by atoms with Crippen LogP contribution in [0.4, 0.5) is 0 Å². The number of aromatic hydroxyl groups is 1. The summed E-state index contributed by atoms with van der Waals surface area (Å²) in [5.74, 6) is 0.503. The van der Waals surface area contributed by atoms with Gasteiger partial charge in [0.2, 0.25) is 0 Å². The molecule has 0 radical (unpaired) electrons. The van der Waals surface area contributed by atoms with Crippen molar-refractivity contribution in [1.29, 1.82) is 0 Å². The van der Waals surface area contributed by atoms with Crippen LogP contribution in [-0.2, 0) is 0 Å². The first-order chi connectivity index (χ1) is 13.3. The smallest absolute Gasteiger partial charge is 0.161 e. The fraction of sp³-hybridized carbons (Fsp3) is 0.0435. The van der Waals surface area contributed by atoms with Crippen LogP contribution < -0.4 is 4.74 Å². The largest absolute Gasteiger partial charge is 0.504 e. The molecular weight excluding hydrogens is 336 g/mol. The lowest BCUT2D eigenvalue weighted by molar-refractivity contribution is 0.373. The fourth-order valence-electron chi connectivity index (χ4n) is 3.15. The first kappa shape index (κ1) is 16.8. The van der Waals surface area contributed by atoms with E-state index in [0.717, 1.165) is 21.9 Å². The Morgan fingerprint density at radius 3 is 2.07 bits per heavy atom. The van der Waals surface area contributed by atoms with E-state index in [4.69, 9.17) is 4.74 Å². The molecule has 0 heterocycles. The van der Waals surface area contributed by atoms with E-state index in [-0.39, 0.29) is 5.75 Å². The van der Waals surface area contributed by atoms with Crippen molar-refractivity contribution in [2.24, 2.45) is 10.2 Å². The summed E-state index contributed by atoms with van der Waals surface area (Å²) in [5.41, 5.74) is 1.84. The van der Waals surface area contributed by atoms with Crippen molar-refractivity contribution in [3.8, 4) is 11.5 Å². The van der Waals surface area contributed by atoms with E-state index in [1.54, 1.807) is 30.6 Å². The highest BCUT2D eigenvalue weighted by molar-refractivity contribution is 6.13. The van der Waals surface area contributed by atoms with E-state index >= 15 is 0 Å². The van der Waals surface area contributed by atoms with Gasteiger partial charge in [0.1, 0.15) is 0 Å². The van der Waals surface area contributed by atoms with Gasteiger partial charge in [-0.25, -0.2) is 0 Å². The van der Waals surface area contributed by atoms with Crippen molar-refractivity contribution in [2.45, 2.75) is 0 Å². The minimum Gasteiger partial charge on any atom is -0.504 e. The lowest BCUT2D eigenvalue weighted by Crippen LogP contribution is -1.89. The average Bonchev–Trinajstić information content (AvgIpc) is 2.71. The molecule has 0 amide bonds. The summed E-state index contributed by atoms with van der Waals surface area (Å²) >= 11 is 0. The van der Waals surface area contributed by atoms with Crippen molar-refractivity contribution in [2.75, 3.05) is 7.11 Å². The molecule has 0 spiro atoms. The molecule has 0 aliphatic carbocycles. The molecule has 4 aromatic rings. The maximum atomic E-state index is 9.66. The molecule has 1 N–H and O–H groups in total. The van der Waals surface area contributed by atoms with Gasteiger partial charge in [-0.1, -0.05) is 48.5 Å². The molecule has 0 aromatic heterocycles. The summed E-state index contributed by atoms with van der Waals surface area (Å²) < 4.78 is 5.11. The van der Waals surface area contributed by atoms with Gasteiger partial charge in [0, 0.05) is 5.56 Å². The molecule has 0 atom stereocenters. The zero-order valence-corrected chi connectivity index (χ0v) is 14.8. The van der Waals surface area contributed by atoms with Crippen LogP contribution in [0.2, 0.25) is 0 Å². The summed E-state index contributed by atoms with van der Waals surface area (Å²) in [6.07, 6.45) is 3.42. The number of ether oxygens (including phenoxy) is 1. The summed E-state index contributed by atoms with van der Waals surface area (Å²) in [6.45, 7) is 0. The van der Waals surface area contributed by atoms with Gasteiger partial charge in [0.05, 0.1) is 19.5 Å². The standard InChI is InChI=1S/C23H18N2O2/c1-27-23-12-16(10-11-22(23)26)14-24-25-15-21-19-8-4-2-6-17(19)13-18-7-3-5-9-20(18)21/h2-15,26H,1H3/b24-14+,25-15+. The van der Waals surface area contributed by atoms with E-state index in [9.17, 15) is 5.11 Å². The molecular formula is C23H18N2O2. The molecule has 0 aliphatic rings. The third-order valence-electron chi connectivity index (χ3n) is 4.48. The number of hydrogen-bond donors (Lipinski definition) is 1. The third-order valence-corrected chi connectivity index (χ3v) is 4.48. The van der Waals surface area contributed by atoms with Crippen LogP contribution in [-0.4, -0.2) is 24.6 Å². The zero-order chi connectivity index (χ0) is 18.6. The Morgan fingerprint density at radius 1 is 0.778 bits per heavy atom. The van der Waals surface area contributed by atoms with Gasteiger partial charge in [0.15, 0.2) is 11.5 Å². The lowest BCUT2D eigenvalue weighted by atomic mass is 9.97. The predicted molar refractivity (Wildman–Crippen MR) is 111 cm³/mol. The second kappa shape index (κ2) is 7.30. The summed E-state index contributed by atoms with van der Waals surface area (Å²) in [7, 11) is 1.51. The average molecular weight is 354 g/mol. The Bertz CT molecular complexity index is 1130. The van der Waals surface area contributed by atoms with Gasteiger partial charge in [-0.2, -0.15) is 10.2 Å². The first-order valence-electron chi connectivity index (χ1n) is 8.60. The minimum absolute atomic E-state index is 0.0976. The van der Waals surface area contributed by atoms with E-state index in [0.29, 0.717) is 5.75 Å². The normalized spacial score (nSPS) is 11.7. The zero-order valence-electron chi connectivity index (χ0n) is 14.8. The van der Waals surface area contributed by atoms with Crippen molar-refractivity contribution in [1.82, 2.24) is 0 Å². The van der Waals surface area contributed by atoms with E-state index in [2.05, 4.69) is 40.5 Å². The van der Waals surface area contributed by atoms with Crippen LogP contribution in [0.3, 0.4) is 0 Å². The Morgan fingerprint density at radius 2 is 1.41 bits per heavy atom. The maximum Gasteiger partial charge on any atom is 0.161 e. The Hall–Kier alpha value is -3.66. The fourth-order valence-corrected chi connectivity index (χ4v) is 3.15. The minimum atomic E-state index is 0.0976. The van der Waals surface area contributed by atoms with Gasteiger partial charge in [-0.15, -0.1) is 0 Å². The molecule has 132 valence electrons. The van der Waals surface area contributed by atoms with Crippen molar-refractivity contribution < 1.29 is 9.84 Å². The number of phenolic OH excluding ortho intramolecular Hbond substituents is 1. The summed E-state index contributed by atoms with van der Waals surface area (Å²) in [6, 6.07) is 23.7. The SMILES string of the molecule is COc1cc(/C=N/N=C/c2c3ccccc3cc3ccccc23)ccc1O. The van der Waals surface area contributed by atoms with E-state index in [1.807, 2.05) is 24.3 Å². The molecule has 0 unspecified atom stereocenters. The maximum absolute atomic E-state index is 9.66. The van der Waals surface area contributed by atoms with Crippen molar-refractivity contribution in [3.05, 3.63) is 83.9 Å². The van der Waals surface area contributed by atoms with Crippen LogP contribution in [0, 0.1) is 0 Å². The molecule has 0 fully saturated rings. The molecule has 27 heavy (non-hydrogen) atoms. The molecule has 0 aliphatic heterocycles. The molecule has 0 bridgehead atoms. The van der Waals surface area contributed by atoms with E-state index in [1.165, 1.54) is 17.9 Å². The van der Waals surface area contributed by atoms with Gasteiger partial charge in [0.25, 0.3) is 0 Å². The second-order valence-corrected chi connectivity index (χ2v) is 6.15. The molecule has 4 nitrogen and oxygen atoms in total. The van der Waals surface area contributed by atoms with Gasteiger partial charge in [-0.3, -0.25) is 0 Å². The summed E-state index contributed by atoms with van der Waals surface area (Å²) in [4.78, 5) is 0. The van der Waals surface area contributed by atoms with Gasteiger partial charge >= 0.3 is 0 Å². The number of hydrogen-bond acceptors (Lipinski definition) is 4. The van der Waals surface area contributed by atoms with Crippen molar-refractivity contribution in [3.63, 3.8) is 0 Å². The van der Waals surface area contributed by atoms with Crippen LogP contribution in [0.25, 0.3) is 21.5 Å². The number of benzene rings is 4. The number of methoxy groups -OCH3 is 1. The third kappa shape index (κ3) is 3.37. The van der Waals surface area contributed by atoms with Gasteiger partial charge < -0.3 is 9.84 Å². The Kier molecular flexibility index (Phi) is 4.54. The van der Waals surface area contributed by atoms with Crippen LogP contribution in [0.15, 0.2) is 83.0 Å². The molecule has 4 heteroatoms. The molecule has 4 aromatic carbocycles. The van der Waals surface area contributed by atoms with Crippen LogP contribution in [0.1, 0.15) is 11.1 Å². The van der Waals surface area contributed by atoms with E-state index < -0.39 is 0 Å². The second-order valence-electron chi connectivity index (χ2n) is 6.15. The number of phenols is 1. The quantitative estimate of drug-likeness (QED) is 0.313. The Balaban J connectivity index is 1.72. The van der Waals surface area contributed by atoms with Gasteiger partial charge in [-0.05, 0) is 51.4 Å².